The van der Waals surface area contributed by atoms with Crippen LogP contribution in [0.1, 0.15) is 42.3 Å². The summed E-state index contributed by atoms with van der Waals surface area (Å²) in [7, 11) is 0. The highest BCUT2D eigenvalue weighted by atomic mass is 16.5. The van der Waals surface area contributed by atoms with Crippen molar-refractivity contribution in [3.05, 3.63) is 89.5 Å². The van der Waals surface area contributed by atoms with Crippen molar-refractivity contribution in [2.45, 2.75) is 33.5 Å². The van der Waals surface area contributed by atoms with E-state index in [0.29, 0.717) is 12.2 Å². The normalized spacial score (nSPS) is 10.2. The summed E-state index contributed by atoms with van der Waals surface area (Å²) in [6.45, 7) is 6.01. The predicted octanol–water partition coefficient (Wildman–Crippen LogP) is 5.87. The second-order valence-corrected chi connectivity index (χ2v) is 6.92. The monoisotopic (exact) mass is 384 g/mol. The largest absolute Gasteiger partial charge is 0.489 e. The summed E-state index contributed by atoms with van der Waals surface area (Å²) in [6, 6.07) is 23.4. The molecule has 0 aliphatic rings. The first kappa shape index (κ1) is 20.2. The lowest BCUT2D eigenvalue weighted by Crippen LogP contribution is -2.11. The van der Waals surface area contributed by atoms with Crippen LogP contribution in [0.5, 0.6) is 5.75 Å². The number of hydrogen-bond donors (Lipinski definition) is 0. The Kier molecular flexibility index (Phi) is 6.71. The standard InChI is InChI=1S/C26H24O3/c1-4-5-20-6-8-21(9-7-20)18-28-25-16-14-23(15-17-25)22-10-12-24(13-11-22)26(27)29-19(2)3/h6-17,19H,18H2,1-3H3. The van der Waals surface area contributed by atoms with Crippen molar-refractivity contribution in [1.82, 2.24) is 0 Å². The third kappa shape index (κ3) is 5.73. The molecule has 146 valence electrons. The average molecular weight is 384 g/mol. The van der Waals surface area contributed by atoms with E-state index in [1.165, 1.54) is 0 Å². The van der Waals surface area contributed by atoms with Crippen molar-refractivity contribution in [1.29, 1.82) is 0 Å². The predicted molar refractivity (Wildman–Crippen MR) is 116 cm³/mol. The fourth-order valence-corrected chi connectivity index (χ4v) is 2.82. The first-order valence-corrected chi connectivity index (χ1v) is 9.61. The Labute approximate surface area is 172 Å². The minimum Gasteiger partial charge on any atom is -0.489 e. The van der Waals surface area contributed by atoms with Crippen LogP contribution < -0.4 is 4.74 Å². The van der Waals surface area contributed by atoms with E-state index in [0.717, 1.165) is 28.0 Å². The first-order valence-electron chi connectivity index (χ1n) is 9.61. The Morgan fingerprint density at radius 2 is 1.45 bits per heavy atom. The van der Waals surface area contributed by atoms with Crippen LogP contribution in [0.25, 0.3) is 11.1 Å². The summed E-state index contributed by atoms with van der Waals surface area (Å²) in [5.41, 5.74) is 4.75. The van der Waals surface area contributed by atoms with E-state index >= 15 is 0 Å². The van der Waals surface area contributed by atoms with Gasteiger partial charge in [-0.1, -0.05) is 42.3 Å². The number of benzene rings is 3. The van der Waals surface area contributed by atoms with E-state index < -0.39 is 0 Å². The summed E-state index contributed by atoms with van der Waals surface area (Å²) < 4.78 is 11.1. The van der Waals surface area contributed by atoms with Gasteiger partial charge in [0.15, 0.2) is 0 Å². The minimum atomic E-state index is -0.301. The molecular formula is C26H24O3. The summed E-state index contributed by atoms with van der Waals surface area (Å²) in [5, 5.41) is 0. The number of rotatable bonds is 6. The second kappa shape index (κ2) is 9.61. The van der Waals surface area contributed by atoms with E-state index in [9.17, 15) is 4.79 Å². The van der Waals surface area contributed by atoms with Crippen LogP contribution in [-0.2, 0) is 11.3 Å². The van der Waals surface area contributed by atoms with Crippen molar-refractivity contribution in [2.75, 3.05) is 0 Å². The molecule has 0 saturated heterocycles. The summed E-state index contributed by atoms with van der Waals surface area (Å²) in [4.78, 5) is 11.9. The van der Waals surface area contributed by atoms with Gasteiger partial charge in [-0.15, -0.1) is 5.92 Å². The molecule has 0 aliphatic heterocycles. The summed E-state index contributed by atoms with van der Waals surface area (Å²) in [5.74, 6) is 6.43. The Morgan fingerprint density at radius 1 is 0.862 bits per heavy atom. The second-order valence-electron chi connectivity index (χ2n) is 6.92. The van der Waals surface area contributed by atoms with Gasteiger partial charge in [-0.3, -0.25) is 0 Å². The van der Waals surface area contributed by atoms with E-state index in [1.807, 2.05) is 81.4 Å². The summed E-state index contributed by atoms with van der Waals surface area (Å²) in [6.07, 6.45) is -0.127. The van der Waals surface area contributed by atoms with Crippen LogP contribution in [0.2, 0.25) is 0 Å². The van der Waals surface area contributed by atoms with Crippen molar-refractivity contribution in [2.24, 2.45) is 0 Å². The topological polar surface area (TPSA) is 35.5 Å². The Morgan fingerprint density at radius 3 is 2.00 bits per heavy atom. The molecule has 0 spiro atoms. The highest BCUT2D eigenvalue weighted by Gasteiger charge is 2.09. The molecular weight excluding hydrogens is 360 g/mol. The van der Waals surface area contributed by atoms with Crippen LogP contribution >= 0.6 is 0 Å². The lowest BCUT2D eigenvalue weighted by molar-refractivity contribution is 0.0378. The third-order valence-corrected chi connectivity index (χ3v) is 4.28. The molecule has 0 aliphatic carbocycles. The van der Waals surface area contributed by atoms with Gasteiger partial charge in [-0.05, 0) is 73.9 Å². The molecule has 3 nitrogen and oxygen atoms in total. The van der Waals surface area contributed by atoms with Gasteiger partial charge in [0, 0.05) is 5.56 Å². The zero-order valence-corrected chi connectivity index (χ0v) is 16.9. The molecule has 3 rings (SSSR count). The third-order valence-electron chi connectivity index (χ3n) is 4.28. The molecule has 0 unspecified atom stereocenters. The van der Waals surface area contributed by atoms with Gasteiger partial charge in [0.1, 0.15) is 12.4 Å². The molecule has 3 heteroatoms. The van der Waals surface area contributed by atoms with E-state index in [1.54, 1.807) is 12.1 Å². The Bertz CT molecular complexity index is 1000. The van der Waals surface area contributed by atoms with Crippen molar-refractivity contribution in [3.63, 3.8) is 0 Å². The number of esters is 1. The molecule has 0 N–H and O–H groups in total. The highest BCUT2D eigenvalue weighted by Crippen LogP contribution is 2.23. The molecule has 0 amide bonds. The molecule has 3 aromatic carbocycles. The fourth-order valence-electron chi connectivity index (χ4n) is 2.82. The van der Waals surface area contributed by atoms with Gasteiger partial charge in [0.05, 0.1) is 11.7 Å². The average Bonchev–Trinajstić information content (AvgIpc) is 2.73. The highest BCUT2D eigenvalue weighted by molar-refractivity contribution is 5.90. The minimum absolute atomic E-state index is 0.127. The van der Waals surface area contributed by atoms with Crippen LogP contribution in [0, 0.1) is 11.8 Å². The molecule has 3 aromatic rings. The molecule has 0 atom stereocenters. The number of carbonyl (C=O) groups is 1. The smallest absolute Gasteiger partial charge is 0.338 e. The quantitative estimate of drug-likeness (QED) is 0.394. The van der Waals surface area contributed by atoms with Gasteiger partial charge in [-0.25, -0.2) is 4.79 Å². The fraction of sp³-hybridized carbons (Fsp3) is 0.192. The van der Waals surface area contributed by atoms with Crippen LogP contribution in [0.15, 0.2) is 72.8 Å². The Balaban J connectivity index is 1.60. The molecule has 29 heavy (non-hydrogen) atoms. The molecule has 0 radical (unpaired) electrons. The first-order chi connectivity index (χ1) is 14.0. The van der Waals surface area contributed by atoms with E-state index in [4.69, 9.17) is 9.47 Å². The molecule has 0 fully saturated rings. The Hall–Kier alpha value is -3.51. The van der Waals surface area contributed by atoms with Gasteiger partial charge in [-0.2, -0.15) is 0 Å². The van der Waals surface area contributed by atoms with Crippen molar-refractivity contribution >= 4 is 5.97 Å². The molecule has 0 saturated carbocycles. The molecule has 0 bridgehead atoms. The number of ether oxygens (including phenoxy) is 2. The van der Waals surface area contributed by atoms with E-state index in [2.05, 4.69) is 11.8 Å². The van der Waals surface area contributed by atoms with E-state index in [-0.39, 0.29) is 12.1 Å². The van der Waals surface area contributed by atoms with Gasteiger partial charge >= 0.3 is 5.97 Å². The number of hydrogen-bond acceptors (Lipinski definition) is 3. The maximum atomic E-state index is 11.9. The van der Waals surface area contributed by atoms with Crippen molar-refractivity contribution in [3.8, 4) is 28.7 Å². The van der Waals surface area contributed by atoms with Crippen LogP contribution in [0.3, 0.4) is 0 Å². The molecule has 0 heterocycles. The lowest BCUT2D eigenvalue weighted by atomic mass is 10.0. The zero-order chi connectivity index (χ0) is 20.6. The van der Waals surface area contributed by atoms with Crippen molar-refractivity contribution < 1.29 is 14.3 Å². The zero-order valence-electron chi connectivity index (χ0n) is 16.9. The SMILES string of the molecule is CC#Cc1ccc(COc2ccc(-c3ccc(C(=O)OC(C)C)cc3)cc2)cc1. The maximum absolute atomic E-state index is 11.9. The van der Waals surface area contributed by atoms with Gasteiger partial charge in [0.25, 0.3) is 0 Å². The van der Waals surface area contributed by atoms with Gasteiger partial charge < -0.3 is 9.47 Å². The maximum Gasteiger partial charge on any atom is 0.338 e. The van der Waals surface area contributed by atoms with Crippen LogP contribution in [-0.4, -0.2) is 12.1 Å². The van der Waals surface area contributed by atoms with Gasteiger partial charge in [0.2, 0.25) is 0 Å². The lowest BCUT2D eigenvalue weighted by Gasteiger charge is -2.09. The summed E-state index contributed by atoms with van der Waals surface area (Å²) >= 11 is 0. The number of carbonyl (C=O) groups excluding carboxylic acids is 1. The molecule has 0 aromatic heterocycles. The van der Waals surface area contributed by atoms with Crippen LogP contribution in [0.4, 0.5) is 0 Å².